The highest BCUT2D eigenvalue weighted by Gasteiger charge is 2.03. The van der Waals surface area contributed by atoms with Gasteiger partial charge in [0.05, 0.1) is 0 Å². The number of aliphatic hydroxyl groups excluding tert-OH is 1. The van der Waals surface area contributed by atoms with Gasteiger partial charge in [-0.05, 0) is 25.2 Å². The predicted octanol–water partition coefficient (Wildman–Crippen LogP) is 2.92. The van der Waals surface area contributed by atoms with Gasteiger partial charge in [0.15, 0.2) is 0 Å². The lowest BCUT2D eigenvalue weighted by atomic mass is 9.95. The molecule has 0 fully saturated rings. The molecule has 12 heavy (non-hydrogen) atoms. The molecule has 0 saturated carbocycles. The molecule has 70 valence electrons. The van der Waals surface area contributed by atoms with Crippen LogP contribution in [0.3, 0.4) is 0 Å². The van der Waals surface area contributed by atoms with E-state index in [2.05, 4.69) is 26.5 Å². The van der Waals surface area contributed by atoms with Crippen molar-refractivity contribution in [1.29, 1.82) is 0 Å². The number of rotatable bonds is 6. The van der Waals surface area contributed by atoms with Crippen molar-refractivity contribution in [1.82, 2.24) is 0 Å². The van der Waals surface area contributed by atoms with Gasteiger partial charge in [-0.3, -0.25) is 0 Å². The van der Waals surface area contributed by atoms with Crippen molar-refractivity contribution in [2.24, 2.45) is 5.92 Å². The van der Waals surface area contributed by atoms with Gasteiger partial charge in [0.2, 0.25) is 0 Å². The molecule has 1 N–H and O–H groups in total. The highest BCUT2D eigenvalue weighted by atomic mass is 16.2. The van der Waals surface area contributed by atoms with E-state index in [0.29, 0.717) is 5.92 Å². The van der Waals surface area contributed by atoms with Crippen LogP contribution >= 0.6 is 0 Å². The van der Waals surface area contributed by atoms with E-state index >= 15 is 0 Å². The van der Waals surface area contributed by atoms with Crippen LogP contribution in [0.4, 0.5) is 0 Å². The zero-order chi connectivity index (χ0) is 9.40. The third-order valence-corrected chi connectivity index (χ3v) is 2.16. The van der Waals surface area contributed by atoms with Gasteiger partial charge in [0, 0.05) is 6.61 Å². The molecule has 1 nitrogen and oxygen atoms in total. The van der Waals surface area contributed by atoms with Crippen molar-refractivity contribution in [3.63, 3.8) is 0 Å². The average molecular weight is 168 g/mol. The smallest absolute Gasteiger partial charge is 0.0465 e. The fraction of sp³-hybridized carbons (Fsp3) is 0.636. The van der Waals surface area contributed by atoms with Gasteiger partial charge in [0.1, 0.15) is 0 Å². The maximum atomic E-state index is 8.67. The van der Waals surface area contributed by atoms with Crippen molar-refractivity contribution < 1.29 is 5.11 Å². The van der Waals surface area contributed by atoms with Crippen molar-refractivity contribution >= 4 is 0 Å². The van der Waals surface area contributed by atoms with E-state index in [9.17, 15) is 0 Å². The second-order valence-corrected chi connectivity index (χ2v) is 3.09. The summed E-state index contributed by atoms with van der Waals surface area (Å²) >= 11 is 0. The summed E-state index contributed by atoms with van der Waals surface area (Å²) in [7, 11) is 0. The summed E-state index contributed by atoms with van der Waals surface area (Å²) in [5, 5.41) is 8.67. The first-order valence-corrected chi connectivity index (χ1v) is 4.66. The van der Waals surface area contributed by atoms with Crippen LogP contribution < -0.4 is 0 Å². The fourth-order valence-corrected chi connectivity index (χ4v) is 1.16. The SMILES string of the molecule is C=CC/C(=C/CCO)C(C)CC. The van der Waals surface area contributed by atoms with Crippen molar-refractivity contribution in [2.45, 2.75) is 33.1 Å². The summed E-state index contributed by atoms with van der Waals surface area (Å²) in [5.41, 5.74) is 1.40. The Morgan fingerprint density at radius 2 is 2.25 bits per heavy atom. The summed E-state index contributed by atoms with van der Waals surface area (Å²) in [5.74, 6) is 0.620. The first-order valence-electron chi connectivity index (χ1n) is 4.66. The molecule has 1 atom stereocenters. The molecular formula is C11H20O. The fourth-order valence-electron chi connectivity index (χ4n) is 1.16. The lowest BCUT2D eigenvalue weighted by Crippen LogP contribution is -1.97. The second kappa shape index (κ2) is 7.11. The van der Waals surface area contributed by atoms with Crippen LogP contribution in [0.5, 0.6) is 0 Å². The van der Waals surface area contributed by atoms with Crippen LogP contribution in [0.1, 0.15) is 33.1 Å². The molecule has 0 aliphatic carbocycles. The van der Waals surface area contributed by atoms with Gasteiger partial charge >= 0.3 is 0 Å². The van der Waals surface area contributed by atoms with E-state index in [1.807, 2.05) is 6.08 Å². The van der Waals surface area contributed by atoms with Crippen LogP contribution in [0, 0.1) is 5.92 Å². The topological polar surface area (TPSA) is 20.2 Å². The predicted molar refractivity (Wildman–Crippen MR) is 54.1 cm³/mol. The van der Waals surface area contributed by atoms with E-state index < -0.39 is 0 Å². The summed E-state index contributed by atoms with van der Waals surface area (Å²) in [6.45, 7) is 8.37. The number of hydrogen-bond acceptors (Lipinski definition) is 1. The summed E-state index contributed by atoms with van der Waals surface area (Å²) in [6, 6.07) is 0. The van der Waals surface area contributed by atoms with E-state index in [1.54, 1.807) is 0 Å². The van der Waals surface area contributed by atoms with Gasteiger partial charge < -0.3 is 5.11 Å². The Hall–Kier alpha value is -0.560. The quantitative estimate of drug-likeness (QED) is 0.605. The van der Waals surface area contributed by atoms with Gasteiger partial charge in [0.25, 0.3) is 0 Å². The summed E-state index contributed by atoms with van der Waals surface area (Å²) in [4.78, 5) is 0. The van der Waals surface area contributed by atoms with E-state index in [1.165, 1.54) is 5.57 Å². The standard InChI is InChI=1S/C11H20O/c1-4-7-11(8-6-9-12)10(3)5-2/h4,8,10,12H,1,5-7,9H2,2-3H3/b11-8-. The molecule has 0 aliphatic heterocycles. The lowest BCUT2D eigenvalue weighted by Gasteiger charge is -2.11. The average Bonchev–Trinajstić information content (AvgIpc) is 2.11. The number of allylic oxidation sites excluding steroid dienone is 2. The van der Waals surface area contributed by atoms with Gasteiger partial charge in [-0.25, -0.2) is 0 Å². The normalized spacial score (nSPS) is 14.4. The molecular weight excluding hydrogens is 148 g/mol. The van der Waals surface area contributed by atoms with Crippen LogP contribution in [0.25, 0.3) is 0 Å². The number of hydrogen-bond donors (Lipinski definition) is 1. The summed E-state index contributed by atoms with van der Waals surface area (Å²) < 4.78 is 0. The van der Waals surface area contributed by atoms with Crippen molar-refractivity contribution in [3.05, 3.63) is 24.3 Å². The first kappa shape index (κ1) is 11.4. The molecule has 0 rings (SSSR count). The molecule has 0 saturated heterocycles. The monoisotopic (exact) mass is 168 g/mol. The Morgan fingerprint density at radius 1 is 1.58 bits per heavy atom. The molecule has 0 aromatic rings. The minimum absolute atomic E-state index is 0.247. The zero-order valence-corrected chi connectivity index (χ0v) is 8.21. The van der Waals surface area contributed by atoms with Crippen LogP contribution in [0.2, 0.25) is 0 Å². The van der Waals surface area contributed by atoms with Crippen LogP contribution in [-0.4, -0.2) is 11.7 Å². The lowest BCUT2D eigenvalue weighted by molar-refractivity contribution is 0.302. The van der Waals surface area contributed by atoms with Gasteiger partial charge in [-0.15, -0.1) is 6.58 Å². The van der Waals surface area contributed by atoms with E-state index in [0.717, 1.165) is 19.3 Å². The highest BCUT2D eigenvalue weighted by molar-refractivity contribution is 5.09. The van der Waals surface area contributed by atoms with E-state index in [4.69, 9.17) is 5.11 Å². The molecule has 0 aliphatic rings. The Morgan fingerprint density at radius 3 is 2.67 bits per heavy atom. The van der Waals surface area contributed by atoms with E-state index in [-0.39, 0.29) is 6.61 Å². The largest absolute Gasteiger partial charge is 0.396 e. The molecule has 0 aromatic carbocycles. The molecule has 1 heteroatoms. The first-order chi connectivity index (χ1) is 5.76. The molecule has 0 radical (unpaired) electrons. The van der Waals surface area contributed by atoms with Crippen molar-refractivity contribution in [2.75, 3.05) is 6.61 Å². The second-order valence-electron chi connectivity index (χ2n) is 3.09. The minimum atomic E-state index is 0.247. The maximum Gasteiger partial charge on any atom is 0.0465 e. The molecule has 0 aromatic heterocycles. The molecule has 0 amide bonds. The molecule has 1 unspecified atom stereocenters. The molecule has 0 bridgehead atoms. The van der Waals surface area contributed by atoms with Crippen molar-refractivity contribution in [3.8, 4) is 0 Å². The molecule has 0 heterocycles. The maximum absolute atomic E-state index is 8.67. The minimum Gasteiger partial charge on any atom is -0.396 e. The van der Waals surface area contributed by atoms with Crippen LogP contribution in [-0.2, 0) is 0 Å². The zero-order valence-electron chi connectivity index (χ0n) is 8.21. The summed E-state index contributed by atoms with van der Waals surface area (Å²) in [6.07, 6.45) is 6.94. The molecule has 0 spiro atoms. The number of aliphatic hydroxyl groups is 1. The van der Waals surface area contributed by atoms with Crippen LogP contribution in [0.15, 0.2) is 24.3 Å². The Balaban J connectivity index is 4.09. The highest BCUT2D eigenvalue weighted by Crippen LogP contribution is 2.18. The Kier molecular flexibility index (Phi) is 6.78. The third-order valence-electron chi connectivity index (χ3n) is 2.16. The Labute approximate surface area is 75.8 Å². The Bertz CT molecular complexity index is 147. The third kappa shape index (κ3) is 4.35. The van der Waals surface area contributed by atoms with Gasteiger partial charge in [-0.1, -0.05) is 31.6 Å². The van der Waals surface area contributed by atoms with Gasteiger partial charge in [-0.2, -0.15) is 0 Å².